The van der Waals surface area contributed by atoms with E-state index in [2.05, 4.69) is 5.43 Å². The van der Waals surface area contributed by atoms with Gasteiger partial charge in [-0.3, -0.25) is 15.0 Å². The molecule has 2 rings (SSSR count). The standard InChI is InChI=1S/C19H21ClN2O2.3ClH/c1-13-7-5-6-8-16(13)18(24)22(19(2,3)4)21-17(23)14-9-11-15(20)12-10-14;;;/h5-12H,1-4H3,(H,21,23);3*1H. The zero-order valence-corrected chi connectivity index (χ0v) is 18.7. The maximum atomic E-state index is 12.9. The first kappa shape index (κ1) is 27.8. The van der Waals surface area contributed by atoms with Gasteiger partial charge in [0.05, 0.1) is 5.54 Å². The average Bonchev–Trinajstić information content (AvgIpc) is 2.52. The molecule has 0 aromatic heterocycles. The smallest absolute Gasteiger partial charge is 0.267 e. The number of hydrogen-bond donors (Lipinski definition) is 1. The van der Waals surface area contributed by atoms with Gasteiger partial charge >= 0.3 is 0 Å². The van der Waals surface area contributed by atoms with E-state index in [0.717, 1.165) is 5.56 Å². The highest BCUT2D eigenvalue weighted by atomic mass is 35.5. The molecule has 4 nitrogen and oxygen atoms in total. The lowest BCUT2D eigenvalue weighted by molar-refractivity contribution is 0.0358. The monoisotopic (exact) mass is 452 g/mol. The topological polar surface area (TPSA) is 49.4 Å². The van der Waals surface area contributed by atoms with Gasteiger partial charge < -0.3 is 0 Å². The number of halogens is 4. The average molecular weight is 454 g/mol. The summed E-state index contributed by atoms with van der Waals surface area (Å²) in [6.45, 7) is 7.47. The van der Waals surface area contributed by atoms with E-state index < -0.39 is 5.54 Å². The fourth-order valence-electron chi connectivity index (χ4n) is 2.22. The number of benzene rings is 2. The number of rotatable bonds is 2. The number of hydrogen-bond acceptors (Lipinski definition) is 2. The highest BCUT2D eigenvalue weighted by Crippen LogP contribution is 2.18. The lowest BCUT2D eigenvalue weighted by atomic mass is 10.0. The summed E-state index contributed by atoms with van der Waals surface area (Å²) in [5.74, 6) is -0.605. The van der Waals surface area contributed by atoms with E-state index in [1.165, 1.54) is 5.01 Å². The van der Waals surface area contributed by atoms with Gasteiger partial charge in [0, 0.05) is 16.1 Å². The third-order valence-electron chi connectivity index (χ3n) is 3.57. The second-order valence-electron chi connectivity index (χ2n) is 6.57. The molecule has 0 unspecified atom stereocenters. The predicted octanol–water partition coefficient (Wildman–Crippen LogP) is 5.50. The molecule has 0 aliphatic heterocycles. The van der Waals surface area contributed by atoms with E-state index in [9.17, 15) is 9.59 Å². The van der Waals surface area contributed by atoms with Crippen molar-refractivity contribution in [3.8, 4) is 0 Å². The van der Waals surface area contributed by atoms with Crippen LogP contribution in [0.4, 0.5) is 0 Å². The Kier molecular flexibility index (Phi) is 11.7. The zero-order chi connectivity index (χ0) is 17.9. The lowest BCUT2D eigenvalue weighted by Gasteiger charge is -2.35. The molecule has 0 heterocycles. The number of nitrogens with zero attached hydrogens (tertiary/aromatic N) is 1. The van der Waals surface area contributed by atoms with E-state index in [1.807, 2.05) is 45.9 Å². The van der Waals surface area contributed by atoms with E-state index in [-0.39, 0.29) is 49.0 Å². The lowest BCUT2D eigenvalue weighted by Crippen LogP contribution is -2.56. The minimum absolute atomic E-state index is 0. The summed E-state index contributed by atoms with van der Waals surface area (Å²) in [6, 6.07) is 13.8. The van der Waals surface area contributed by atoms with Gasteiger partial charge in [-0.05, 0) is 63.6 Å². The van der Waals surface area contributed by atoms with E-state index in [1.54, 1.807) is 30.3 Å². The number of hydrazine groups is 1. The fourth-order valence-corrected chi connectivity index (χ4v) is 2.35. The Morgan fingerprint density at radius 2 is 1.44 bits per heavy atom. The largest absolute Gasteiger partial charge is 0.273 e. The third-order valence-corrected chi connectivity index (χ3v) is 3.82. The normalized spacial score (nSPS) is 9.81. The van der Waals surface area contributed by atoms with Crippen LogP contribution in [-0.2, 0) is 0 Å². The van der Waals surface area contributed by atoms with Crippen molar-refractivity contribution in [2.45, 2.75) is 33.2 Å². The van der Waals surface area contributed by atoms with Crippen LogP contribution in [0.15, 0.2) is 48.5 Å². The van der Waals surface area contributed by atoms with Crippen molar-refractivity contribution in [3.63, 3.8) is 0 Å². The molecule has 2 amide bonds. The Hall–Kier alpha value is -1.46. The Bertz CT molecular complexity index is 759. The fraction of sp³-hybridized carbons (Fsp3) is 0.263. The Balaban J connectivity index is 0. The molecule has 150 valence electrons. The summed E-state index contributed by atoms with van der Waals surface area (Å²) >= 11 is 5.85. The van der Waals surface area contributed by atoms with Crippen LogP contribution in [0.25, 0.3) is 0 Å². The van der Waals surface area contributed by atoms with Crippen LogP contribution >= 0.6 is 48.8 Å². The van der Waals surface area contributed by atoms with Crippen LogP contribution in [0.3, 0.4) is 0 Å². The van der Waals surface area contributed by atoms with Gasteiger partial charge in [0.25, 0.3) is 11.8 Å². The Morgan fingerprint density at radius 1 is 0.926 bits per heavy atom. The van der Waals surface area contributed by atoms with Crippen molar-refractivity contribution in [2.75, 3.05) is 0 Å². The Morgan fingerprint density at radius 3 is 1.93 bits per heavy atom. The van der Waals surface area contributed by atoms with E-state index >= 15 is 0 Å². The Labute approximate surface area is 183 Å². The van der Waals surface area contributed by atoms with Crippen LogP contribution < -0.4 is 5.43 Å². The summed E-state index contributed by atoms with van der Waals surface area (Å²) in [5.41, 5.74) is 3.99. The number of aryl methyl sites for hydroxylation is 1. The van der Waals surface area contributed by atoms with Crippen LogP contribution in [0, 0.1) is 6.92 Å². The molecule has 0 bridgehead atoms. The molecule has 27 heavy (non-hydrogen) atoms. The highest BCUT2D eigenvalue weighted by molar-refractivity contribution is 6.30. The first-order valence-electron chi connectivity index (χ1n) is 7.67. The maximum Gasteiger partial charge on any atom is 0.273 e. The van der Waals surface area contributed by atoms with Crippen molar-refractivity contribution in [2.24, 2.45) is 0 Å². The maximum absolute atomic E-state index is 12.9. The highest BCUT2D eigenvalue weighted by Gasteiger charge is 2.30. The van der Waals surface area contributed by atoms with Gasteiger partial charge in [0.15, 0.2) is 0 Å². The molecular formula is C19H24Cl4N2O2. The van der Waals surface area contributed by atoms with Crippen molar-refractivity contribution < 1.29 is 9.59 Å². The van der Waals surface area contributed by atoms with Crippen molar-refractivity contribution >= 4 is 60.6 Å². The summed E-state index contributed by atoms with van der Waals surface area (Å²) in [4.78, 5) is 25.4. The van der Waals surface area contributed by atoms with Crippen LogP contribution in [0.5, 0.6) is 0 Å². The van der Waals surface area contributed by atoms with E-state index in [4.69, 9.17) is 11.6 Å². The van der Waals surface area contributed by atoms with Crippen LogP contribution in [0.1, 0.15) is 47.1 Å². The molecule has 2 aromatic carbocycles. The molecule has 0 fully saturated rings. The molecule has 1 N–H and O–H groups in total. The molecule has 0 aliphatic carbocycles. The van der Waals surface area contributed by atoms with Crippen LogP contribution in [0.2, 0.25) is 5.02 Å². The summed E-state index contributed by atoms with van der Waals surface area (Å²) in [6.07, 6.45) is 0. The van der Waals surface area contributed by atoms with Gasteiger partial charge in [0.2, 0.25) is 0 Å². The third kappa shape index (κ3) is 7.23. The van der Waals surface area contributed by atoms with E-state index in [0.29, 0.717) is 16.1 Å². The number of carbonyl (C=O) groups excluding carboxylic acids is 2. The molecule has 8 heteroatoms. The number of nitrogens with one attached hydrogen (secondary N) is 1. The van der Waals surface area contributed by atoms with Gasteiger partial charge in [0.1, 0.15) is 0 Å². The number of carbonyl (C=O) groups is 2. The number of amides is 2. The summed E-state index contributed by atoms with van der Waals surface area (Å²) < 4.78 is 0. The SMILES string of the molecule is Cc1ccccc1C(=O)N(NC(=O)c1ccc(Cl)cc1)C(C)(C)C.Cl.Cl.Cl. The predicted molar refractivity (Wildman–Crippen MR) is 118 cm³/mol. The molecule has 0 atom stereocenters. The van der Waals surface area contributed by atoms with Gasteiger partial charge in [-0.1, -0.05) is 29.8 Å². The second-order valence-corrected chi connectivity index (χ2v) is 7.01. The quantitative estimate of drug-likeness (QED) is 0.610. The minimum atomic E-state index is -0.582. The second kappa shape index (κ2) is 11.4. The molecule has 0 spiro atoms. The molecule has 0 radical (unpaired) electrons. The van der Waals surface area contributed by atoms with Gasteiger partial charge in [-0.2, -0.15) is 0 Å². The van der Waals surface area contributed by atoms with Crippen LogP contribution in [-0.4, -0.2) is 22.4 Å². The van der Waals surface area contributed by atoms with Gasteiger partial charge in [-0.15, -0.1) is 37.2 Å². The molecular weight excluding hydrogens is 430 g/mol. The van der Waals surface area contributed by atoms with Crippen molar-refractivity contribution in [3.05, 3.63) is 70.2 Å². The molecule has 0 saturated heterocycles. The van der Waals surface area contributed by atoms with Crippen molar-refractivity contribution in [1.29, 1.82) is 0 Å². The summed E-state index contributed by atoms with van der Waals surface area (Å²) in [5, 5.41) is 1.92. The van der Waals surface area contributed by atoms with Gasteiger partial charge in [-0.25, -0.2) is 5.01 Å². The minimum Gasteiger partial charge on any atom is -0.267 e. The molecule has 0 aliphatic rings. The molecule has 0 saturated carbocycles. The zero-order valence-electron chi connectivity index (χ0n) is 15.5. The first-order valence-corrected chi connectivity index (χ1v) is 8.04. The molecule has 2 aromatic rings. The van der Waals surface area contributed by atoms with Crippen molar-refractivity contribution in [1.82, 2.24) is 10.4 Å². The first-order chi connectivity index (χ1) is 11.2. The summed E-state index contributed by atoms with van der Waals surface area (Å²) in [7, 11) is 0.